The largest absolute Gasteiger partial charge is 0.454 e. The Kier molecular flexibility index (Phi) is 5.14. The number of benzene rings is 2. The smallest absolute Gasteiger partial charge is 0.231 e. The standard InChI is InChI=1S/C23H24FN3O3/c24-19-11-17(1-3-20(19)27-8-7-25-15-27)13-26-14-23(5-9-28-10-6-23)18-2-4-21-22(12-18)30-16-29-21/h1-4,7-8,11-12,15,26H,5-6,9-10,13-14,16H2. The van der Waals surface area contributed by atoms with Gasteiger partial charge in [-0.15, -0.1) is 0 Å². The molecule has 3 heterocycles. The van der Waals surface area contributed by atoms with Crippen LogP contribution >= 0.6 is 0 Å². The van der Waals surface area contributed by atoms with E-state index in [2.05, 4.69) is 22.4 Å². The Balaban J connectivity index is 1.30. The van der Waals surface area contributed by atoms with Gasteiger partial charge in [0.15, 0.2) is 11.5 Å². The van der Waals surface area contributed by atoms with E-state index >= 15 is 0 Å². The van der Waals surface area contributed by atoms with Crippen LogP contribution in [0.15, 0.2) is 55.1 Å². The average Bonchev–Trinajstić information content (AvgIpc) is 3.46. The molecule has 2 aromatic carbocycles. The molecule has 0 spiro atoms. The predicted molar refractivity (Wildman–Crippen MR) is 110 cm³/mol. The van der Waals surface area contributed by atoms with Crippen LogP contribution in [0.1, 0.15) is 24.0 Å². The maximum atomic E-state index is 14.5. The summed E-state index contributed by atoms with van der Waals surface area (Å²) in [6.07, 6.45) is 6.81. The zero-order valence-corrected chi connectivity index (χ0v) is 16.6. The molecule has 0 saturated carbocycles. The van der Waals surface area contributed by atoms with Crippen LogP contribution in [-0.4, -0.2) is 36.1 Å². The number of aromatic nitrogens is 2. The van der Waals surface area contributed by atoms with E-state index in [1.807, 2.05) is 12.1 Å². The van der Waals surface area contributed by atoms with Crippen molar-refractivity contribution in [3.63, 3.8) is 0 Å². The highest BCUT2D eigenvalue weighted by molar-refractivity contribution is 5.47. The molecule has 2 aliphatic rings. The van der Waals surface area contributed by atoms with Gasteiger partial charge in [0, 0.05) is 44.1 Å². The SMILES string of the molecule is Fc1cc(CNCC2(c3ccc4c(c3)OCO4)CCOCC2)ccc1-n1ccnc1. The van der Waals surface area contributed by atoms with E-state index in [1.165, 1.54) is 5.56 Å². The van der Waals surface area contributed by atoms with Gasteiger partial charge < -0.3 is 24.1 Å². The molecule has 30 heavy (non-hydrogen) atoms. The van der Waals surface area contributed by atoms with Gasteiger partial charge in [-0.25, -0.2) is 9.37 Å². The van der Waals surface area contributed by atoms with Crippen LogP contribution in [0.2, 0.25) is 0 Å². The molecule has 0 radical (unpaired) electrons. The molecule has 6 nitrogen and oxygen atoms in total. The molecule has 1 saturated heterocycles. The van der Waals surface area contributed by atoms with Crippen molar-refractivity contribution in [1.29, 1.82) is 0 Å². The molecule has 0 amide bonds. The van der Waals surface area contributed by atoms with Crippen molar-refractivity contribution in [3.05, 3.63) is 72.1 Å². The fourth-order valence-electron chi connectivity index (χ4n) is 4.27. The van der Waals surface area contributed by atoms with Gasteiger partial charge >= 0.3 is 0 Å². The van der Waals surface area contributed by atoms with Crippen LogP contribution in [0.3, 0.4) is 0 Å². The monoisotopic (exact) mass is 409 g/mol. The molecule has 3 aromatic rings. The molecule has 0 unspecified atom stereocenters. The van der Waals surface area contributed by atoms with Gasteiger partial charge in [0.1, 0.15) is 5.82 Å². The third-order valence-corrected chi connectivity index (χ3v) is 6.02. The second kappa shape index (κ2) is 8.08. The van der Waals surface area contributed by atoms with Crippen LogP contribution in [0, 0.1) is 5.82 Å². The van der Waals surface area contributed by atoms with Crippen molar-refractivity contribution in [2.45, 2.75) is 24.8 Å². The van der Waals surface area contributed by atoms with Crippen molar-refractivity contribution in [2.75, 3.05) is 26.6 Å². The van der Waals surface area contributed by atoms with E-state index in [0.29, 0.717) is 12.2 Å². The molecular formula is C23H24FN3O3. The Labute approximate surface area is 174 Å². The Morgan fingerprint density at radius 1 is 1.07 bits per heavy atom. The third-order valence-electron chi connectivity index (χ3n) is 6.02. The molecule has 2 aliphatic heterocycles. The molecule has 156 valence electrons. The number of ether oxygens (including phenoxy) is 3. The van der Waals surface area contributed by atoms with E-state index in [9.17, 15) is 4.39 Å². The van der Waals surface area contributed by atoms with Gasteiger partial charge in [0.25, 0.3) is 0 Å². The summed E-state index contributed by atoms with van der Waals surface area (Å²) in [5, 5.41) is 3.55. The van der Waals surface area contributed by atoms with E-state index in [4.69, 9.17) is 14.2 Å². The Hall–Kier alpha value is -2.90. The summed E-state index contributed by atoms with van der Waals surface area (Å²) in [5.74, 6) is 1.33. The summed E-state index contributed by atoms with van der Waals surface area (Å²) in [7, 11) is 0. The van der Waals surface area contributed by atoms with Gasteiger partial charge in [0.2, 0.25) is 6.79 Å². The summed E-state index contributed by atoms with van der Waals surface area (Å²) >= 11 is 0. The van der Waals surface area contributed by atoms with Gasteiger partial charge in [-0.2, -0.15) is 0 Å². The minimum Gasteiger partial charge on any atom is -0.454 e. The molecule has 1 aromatic heterocycles. The topological polar surface area (TPSA) is 57.5 Å². The Morgan fingerprint density at radius 2 is 1.93 bits per heavy atom. The van der Waals surface area contributed by atoms with Crippen molar-refractivity contribution in [3.8, 4) is 17.2 Å². The minimum absolute atomic E-state index is 0.0471. The highest BCUT2D eigenvalue weighted by Gasteiger charge is 2.35. The molecular weight excluding hydrogens is 385 g/mol. The first-order valence-corrected chi connectivity index (χ1v) is 10.2. The zero-order valence-electron chi connectivity index (χ0n) is 16.6. The van der Waals surface area contributed by atoms with Gasteiger partial charge in [-0.3, -0.25) is 0 Å². The van der Waals surface area contributed by atoms with Gasteiger partial charge in [-0.05, 0) is 48.2 Å². The first kappa shape index (κ1) is 19.1. The molecule has 1 N–H and O–H groups in total. The van der Waals surface area contributed by atoms with Crippen molar-refractivity contribution in [1.82, 2.24) is 14.9 Å². The predicted octanol–water partition coefficient (Wildman–Crippen LogP) is 3.58. The second-order valence-electron chi connectivity index (χ2n) is 7.82. The highest BCUT2D eigenvalue weighted by atomic mass is 19.1. The summed E-state index contributed by atoms with van der Waals surface area (Å²) in [4.78, 5) is 3.98. The first-order valence-electron chi connectivity index (χ1n) is 10.2. The summed E-state index contributed by atoms with van der Waals surface area (Å²) in [5.41, 5.74) is 2.58. The average molecular weight is 409 g/mol. The van der Waals surface area contributed by atoms with Gasteiger partial charge in [-0.1, -0.05) is 12.1 Å². The number of fused-ring (bicyclic) bond motifs is 1. The fourth-order valence-corrected chi connectivity index (χ4v) is 4.27. The fraction of sp³-hybridized carbons (Fsp3) is 0.348. The molecule has 0 aliphatic carbocycles. The number of halogens is 1. The highest BCUT2D eigenvalue weighted by Crippen LogP contribution is 2.40. The van der Waals surface area contributed by atoms with E-state index < -0.39 is 0 Å². The van der Waals surface area contributed by atoms with E-state index in [1.54, 1.807) is 35.4 Å². The van der Waals surface area contributed by atoms with E-state index in [0.717, 1.165) is 49.7 Å². The number of nitrogens with one attached hydrogen (secondary N) is 1. The minimum atomic E-state index is -0.260. The number of imidazole rings is 1. The van der Waals surface area contributed by atoms with Crippen LogP contribution < -0.4 is 14.8 Å². The maximum Gasteiger partial charge on any atom is 0.231 e. The Morgan fingerprint density at radius 3 is 2.73 bits per heavy atom. The van der Waals surface area contributed by atoms with Crippen LogP contribution in [0.25, 0.3) is 5.69 Å². The maximum absolute atomic E-state index is 14.5. The van der Waals surface area contributed by atoms with Crippen molar-refractivity contribution >= 4 is 0 Å². The normalized spacial score (nSPS) is 17.2. The van der Waals surface area contributed by atoms with Crippen LogP contribution in [0.5, 0.6) is 11.5 Å². The third kappa shape index (κ3) is 3.66. The summed E-state index contributed by atoms with van der Waals surface area (Å²) in [6, 6.07) is 11.5. The molecule has 0 bridgehead atoms. The number of rotatable bonds is 6. The zero-order chi connectivity index (χ0) is 20.4. The summed E-state index contributed by atoms with van der Waals surface area (Å²) in [6.45, 7) is 3.09. The molecule has 7 heteroatoms. The Bertz CT molecular complexity index is 1020. The lowest BCUT2D eigenvalue weighted by Gasteiger charge is -2.38. The molecule has 5 rings (SSSR count). The van der Waals surface area contributed by atoms with Crippen LogP contribution in [-0.2, 0) is 16.7 Å². The number of hydrogen-bond donors (Lipinski definition) is 1. The molecule has 0 atom stereocenters. The van der Waals surface area contributed by atoms with E-state index in [-0.39, 0.29) is 18.0 Å². The number of nitrogens with zero attached hydrogens (tertiary/aromatic N) is 2. The van der Waals surface area contributed by atoms with Crippen LogP contribution in [0.4, 0.5) is 4.39 Å². The lowest BCUT2D eigenvalue weighted by molar-refractivity contribution is 0.0497. The first-order chi connectivity index (χ1) is 14.7. The lowest BCUT2D eigenvalue weighted by atomic mass is 9.74. The van der Waals surface area contributed by atoms with Crippen molar-refractivity contribution < 1.29 is 18.6 Å². The van der Waals surface area contributed by atoms with Crippen molar-refractivity contribution in [2.24, 2.45) is 0 Å². The molecule has 1 fully saturated rings. The number of hydrogen-bond acceptors (Lipinski definition) is 5. The van der Waals surface area contributed by atoms with Gasteiger partial charge in [0.05, 0.1) is 12.0 Å². The second-order valence-corrected chi connectivity index (χ2v) is 7.82. The quantitative estimate of drug-likeness (QED) is 0.675. The lowest BCUT2D eigenvalue weighted by Crippen LogP contribution is -2.42. The summed E-state index contributed by atoms with van der Waals surface area (Å²) < 4.78 is 32.9.